The predicted octanol–water partition coefficient (Wildman–Crippen LogP) is 3.96. The molecule has 0 saturated carbocycles. The van der Waals surface area contributed by atoms with Crippen molar-refractivity contribution in [2.45, 2.75) is 0 Å². The standard InChI is InChI=1S/C15H13ClO4/c1-18-11-6-12(19-2)8-13(7-11)20-15-10(9-17)4-3-5-14(15)16/h3-9H,1-2H3. The van der Waals surface area contributed by atoms with Gasteiger partial charge in [0.1, 0.15) is 17.2 Å². The van der Waals surface area contributed by atoms with E-state index in [2.05, 4.69) is 0 Å². The fourth-order valence-corrected chi connectivity index (χ4v) is 1.90. The molecule has 0 saturated heterocycles. The first kappa shape index (κ1) is 14.2. The Balaban J connectivity index is 2.41. The molecule has 4 nitrogen and oxygen atoms in total. The van der Waals surface area contributed by atoms with E-state index in [1.54, 1.807) is 50.6 Å². The van der Waals surface area contributed by atoms with E-state index in [1.807, 2.05) is 0 Å². The Morgan fingerprint density at radius 2 is 1.60 bits per heavy atom. The van der Waals surface area contributed by atoms with Gasteiger partial charge in [0.15, 0.2) is 12.0 Å². The van der Waals surface area contributed by atoms with Crippen LogP contribution in [0.5, 0.6) is 23.0 Å². The lowest BCUT2D eigenvalue weighted by molar-refractivity contribution is 0.112. The van der Waals surface area contributed by atoms with Crippen LogP contribution in [0.1, 0.15) is 10.4 Å². The molecular formula is C15H13ClO4. The normalized spacial score (nSPS) is 9.95. The second kappa shape index (κ2) is 6.30. The van der Waals surface area contributed by atoms with Crippen LogP contribution in [0.2, 0.25) is 5.02 Å². The Morgan fingerprint density at radius 3 is 2.15 bits per heavy atom. The van der Waals surface area contributed by atoms with Gasteiger partial charge in [0.25, 0.3) is 0 Å². The third-order valence-corrected chi connectivity index (χ3v) is 2.97. The summed E-state index contributed by atoms with van der Waals surface area (Å²) in [5.74, 6) is 1.94. The fourth-order valence-electron chi connectivity index (χ4n) is 1.68. The van der Waals surface area contributed by atoms with Crippen LogP contribution >= 0.6 is 11.6 Å². The van der Waals surface area contributed by atoms with Gasteiger partial charge < -0.3 is 14.2 Å². The molecule has 0 aromatic heterocycles. The van der Waals surface area contributed by atoms with Gasteiger partial charge in [-0.15, -0.1) is 0 Å². The van der Waals surface area contributed by atoms with Crippen LogP contribution in [0, 0.1) is 0 Å². The first-order valence-electron chi connectivity index (χ1n) is 5.82. The zero-order valence-electron chi connectivity index (χ0n) is 11.1. The van der Waals surface area contributed by atoms with Gasteiger partial charge in [-0.2, -0.15) is 0 Å². The van der Waals surface area contributed by atoms with Crippen molar-refractivity contribution < 1.29 is 19.0 Å². The first-order chi connectivity index (χ1) is 9.67. The fraction of sp³-hybridized carbons (Fsp3) is 0.133. The molecule has 0 aliphatic carbocycles. The minimum atomic E-state index is 0.305. The molecule has 0 atom stereocenters. The lowest BCUT2D eigenvalue weighted by atomic mass is 10.2. The number of methoxy groups -OCH3 is 2. The summed E-state index contributed by atoms with van der Waals surface area (Å²) in [6, 6.07) is 10.1. The number of aldehydes is 1. The monoisotopic (exact) mass is 292 g/mol. The van der Waals surface area contributed by atoms with E-state index in [1.165, 1.54) is 0 Å². The third kappa shape index (κ3) is 3.03. The average molecular weight is 293 g/mol. The second-order valence-electron chi connectivity index (χ2n) is 3.93. The van der Waals surface area contributed by atoms with Crippen molar-refractivity contribution in [2.75, 3.05) is 14.2 Å². The van der Waals surface area contributed by atoms with Gasteiger partial charge in [-0.3, -0.25) is 4.79 Å². The smallest absolute Gasteiger partial charge is 0.156 e. The Hall–Kier alpha value is -2.20. The molecule has 0 radical (unpaired) electrons. The minimum Gasteiger partial charge on any atom is -0.496 e. The molecule has 5 heteroatoms. The van der Waals surface area contributed by atoms with Crippen molar-refractivity contribution in [3.05, 3.63) is 47.0 Å². The molecule has 104 valence electrons. The lowest BCUT2D eigenvalue weighted by Gasteiger charge is -2.12. The molecule has 0 amide bonds. The van der Waals surface area contributed by atoms with E-state index in [0.717, 1.165) is 0 Å². The van der Waals surface area contributed by atoms with Crippen LogP contribution < -0.4 is 14.2 Å². The van der Waals surface area contributed by atoms with Crippen LogP contribution in [-0.4, -0.2) is 20.5 Å². The molecule has 0 unspecified atom stereocenters. The number of halogens is 1. The number of carbonyl (C=O) groups is 1. The quantitative estimate of drug-likeness (QED) is 0.782. The molecule has 0 bridgehead atoms. The maximum atomic E-state index is 11.0. The van der Waals surface area contributed by atoms with Crippen LogP contribution in [-0.2, 0) is 0 Å². The van der Waals surface area contributed by atoms with Gasteiger partial charge in [-0.1, -0.05) is 17.7 Å². The summed E-state index contributed by atoms with van der Waals surface area (Å²) in [6.07, 6.45) is 0.693. The molecule has 0 aliphatic heterocycles. The molecule has 0 heterocycles. The molecular weight excluding hydrogens is 280 g/mol. The highest BCUT2D eigenvalue weighted by Gasteiger charge is 2.11. The van der Waals surface area contributed by atoms with Gasteiger partial charge >= 0.3 is 0 Å². The number of rotatable bonds is 5. The van der Waals surface area contributed by atoms with E-state index in [-0.39, 0.29) is 0 Å². The van der Waals surface area contributed by atoms with Gasteiger partial charge in [0.05, 0.1) is 24.8 Å². The lowest BCUT2D eigenvalue weighted by Crippen LogP contribution is -1.93. The average Bonchev–Trinajstić information content (AvgIpc) is 2.48. The molecule has 2 aromatic carbocycles. The highest BCUT2D eigenvalue weighted by atomic mass is 35.5. The minimum absolute atomic E-state index is 0.305. The molecule has 2 rings (SSSR count). The summed E-state index contributed by atoms with van der Waals surface area (Å²) < 4.78 is 16.0. The van der Waals surface area contributed by atoms with Crippen molar-refractivity contribution in [3.8, 4) is 23.0 Å². The number of ether oxygens (including phenoxy) is 3. The van der Waals surface area contributed by atoms with Gasteiger partial charge in [-0.05, 0) is 12.1 Å². The summed E-state index contributed by atoms with van der Waals surface area (Å²) in [5, 5.41) is 0.358. The molecule has 0 spiro atoms. The van der Waals surface area contributed by atoms with Crippen LogP contribution in [0.25, 0.3) is 0 Å². The highest BCUT2D eigenvalue weighted by Crippen LogP contribution is 2.35. The Morgan fingerprint density at radius 1 is 1.00 bits per heavy atom. The predicted molar refractivity (Wildman–Crippen MR) is 76.5 cm³/mol. The van der Waals surface area contributed by atoms with Crippen molar-refractivity contribution in [1.82, 2.24) is 0 Å². The number of carbonyl (C=O) groups excluding carboxylic acids is 1. The summed E-state index contributed by atoms with van der Waals surface area (Å²) in [5.41, 5.74) is 0.374. The van der Waals surface area contributed by atoms with Gasteiger partial charge in [0.2, 0.25) is 0 Å². The first-order valence-corrected chi connectivity index (χ1v) is 6.20. The number of para-hydroxylation sites is 1. The molecule has 2 aromatic rings. The number of benzene rings is 2. The molecule has 0 fully saturated rings. The maximum Gasteiger partial charge on any atom is 0.156 e. The Labute approximate surface area is 121 Å². The van der Waals surface area contributed by atoms with Crippen molar-refractivity contribution in [2.24, 2.45) is 0 Å². The van der Waals surface area contributed by atoms with Crippen LogP contribution in [0.4, 0.5) is 0 Å². The molecule has 20 heavy (non-hydrogen) atoms. The number of hydrogen-bond donors (Lipinski definition) is 0. The van der Waals surface area contributed by atoms with Crippen molar-refractivity contribution >= 4 is 17.9 Å². The highest BCUT2D eigenvalue weighted by molar-refractivity contribution is 6.32. The summed E-state index contributed by atoms with van der Waals surface area (Å²) >= 11 is 6.06. The Kier molecular flexibility index (Phi) is 4.48. The molecule has 0 N–H and O–H groups in total. The van der Waals surface area contributed by atoms with Crippen molar-refractivity contribution in [1.29, 1.82) is 0 Å². The summed E-state index contributed by atoms with van der Waals surface area (Å²) in [7, 11) is 3.09. The van der Waals surface area contributed by atoms with Crippen molar-refractivity contribution in [3.63, 3.8) is 0 Å². The SMILES string of the molecule is COc1cc(OC)cc(Oc2c(Cl)cccc2C=O)c1. The zero-order chi connectivity index (χ0) is 14.5. The maximum absolute atomic E-state index is 11.0. The summed E-state index contributed by atoms with van der Waals surface area (Å²) in [4.78, 5) is 11.0. The van der Waals surface area contributed by atoms with E-state index >= 15 is 0 Å². The van der Waals surface area contributed by atoms with E-state index in [4.69, 9.17) is 25.8 Å². The Bertz CT molecular complexity index is 603. The third-order valence-electron chi connectivity index (χ3n) is 2.67. The van der Waals surface area contributed by atoms with Gasteiger partial charge in [-0.25, -0.2) is 0 Å². The van der Waals surface area contributed by atoms with E-state index < -0.39 is 0 Å². The van der Waals surface area contributed by atoms with Crippen LogP contribution in [0.15, 0.2) is 36.4 Å². The van der Waals surface area contributed by atoms with E-state index in [0.29, 0.717) is 39.9 Å². The zero-order valence-corrected chi connectivity index (χ0v) is 11.8. The number of hydrogen-bond acceptors (Lipinski definition) is 4. The second-order valence-corrected chi connectivity index (χ2v) is 4.33. The summed E-state index contributed by atoms with van der Waals surface area (Å²) in [6.45, 7) is 0. The molecule has 0 aliphatic rings. The largest absolute Gasteiger partial charge is 0.496 e. The van der Waals surface area contributed by atoms with Crippen LogP contribution in [0.3, 0.4) is 0 Å². The topological polar surface area (TPSA) is 44.8 Å². The van der Waals surface area contributed by atoms with Gasteiger partial charge in [0, 0.05) is 18.2 Å². The van der Waals surface area contributed by atoms with E-state index in [9.17, 15) is 4.79 Å².